The lowest BCUT2D eigenvalue weighted by atomic mass is 10.0. The number of aromatic amines is 2. The Morgan fingerprint density at radius 2 is 1.78 bits per heavy atom. The van der Waals surface area contributed by atoms with E-state index in [2.05, 4.69) is 9.97 Å². The Morgan fingerprint density at radius 1 is 1.11 bits per heavy atom. The first-order valence-electron chi connectivity index (χ1n) is 5.58. The van der Waals surface area contributed by atoms with Crippen molar-refractivity contribution in [3.05, 3.63) is 68.0 Å². The van der Waals surface area contributed by atoms with Crippen molar-refractivity contribution in [2.75, 3.05) is 0 Å². The monoisotopic (exact) mass is 244 g/mol. The highest BCUT2D eigenvalue weighted by Gasteiger charge is 2.16. The van der Waals surface area contributed by atoms with Gasteiger partial charge in [-0.15, -0.1) is 0 Å². The Bertz CT molecular complexity index is 683. The third-order valence-corrected chi connectivity index (χ3v) is 2.66. The van der Waals surface area contributed by atoms with Crippen LogP contribution in [-0.2, 0) is 6.42 Å². The molecule has 92 valence electrons. The molecule has 1 aromatic carbocycles. The van der Waals surface area contributed by atoms with E-state index in [1.807, 2.05) is 0 Å². The van der Waals surface area contributed by atoms with Crippen LogP contribution in [0.3, 0.4) is 0 Å². The maximum atomic E-state index is 12.2. The maximum absolute atomic E-state index is 12.2. The number of aromatic nitrogens is 2. The van der Waals surface area contributed by atoms with Gasteiger partial charge in [-0.2, -0.15) is 0 Å². The summed E-state index contributed by atoms with van der Waals surface area (Å²) in [5.41, 5.74) is -0.383. The maximum Gasteiger partial charge on any atom is 0.326 e. The van der Waals surface area contributed by atoms with Gasteiger partial charge in [-0.1, -0.05) is 37.3 Å². The summed E-state index contributed by atoms with van der Waals surface area (Å²) in [6.45, 7) is 1.75. The number of H-pyrrole nitrogens is 2. The van der Waals surface area contributed by atoms with Gasteiger partial charge in [0.25, 0.3) is 5.56 Å². The predicted molar refractivity (Wildman–Crippen MR) is 66.9 cm³/mol. The lowest BCUT2D eigenvalue weighted by Crippen LogP contribution is -2.29. The highest BCUT2D eigenvalue weighted by atomic mass is 16.2. The van der Waals surface area contributed by atoms with Gasteiger partial charge >= 0.3 is 5.69 Å². The van der Waals surface area contributed by atoms with Gasteiger partial charge in [0.1, 0.15) is 0 Å². The number of ketones is 1. The third-order valence-electron chi connectivity index (χ3n) is 2.66. The zero-order valence-electron chi connectivity index (χ0n) is 9.82. The fourth-order valence-corrected chi connectivity index (χ4v) is 1.78. The smallest absolute Gasteiger partial charge is 0.304 e. The minimum Gasteiger partial charge on any atom is -0.304 e. The van der Waals surface area contributed by atoms with E-state index in [1.165, 1.54) is 0 Å². The second-order valence-corrected chi connectivity index (χ2v) is 3.81. The molecular weight excluding hydrogens is 232 g/mol. The quantitative estimate of drug-likeness (QED) is 0.785. The summed E-state index contributed by atoms with van der Waals surface area (Å²) in [7, 11) is 0. The molecule has 5 heteroatoms. The molecule has 2 aromatic rings. The molecule has 0 aliphatic heterocycles. The van der Waals surface area contributed by atoms with Crippen LogP contribution in [0.4, 0.5) is 0 Å². The van der Waals surface area contributed by atoms with E-state index in [1.54, 1.807) is 37.3 Å². The first kappa shape index (κ1) is 12.0. The fourth-order valence-electron chi connectivity index (χ4n) is 1.78. The van der Waals surface area contributed by atoms with Crippen molar-refractivity contribution < 1.29 is 4.79 Å². The molecule has 1 heterocycles. The molecule has 0 fully saturated rings. The summed E-state index contributed by atoms with van der Waals surface area (Å²) in [5.74, 6) is -0.351. The Hall–Kier alpha value is -2.43. The lowest BCUT2D eigenvalue weighted by molar-refractivity contribution is 0.103. The summed E-state index contributed by atoms with van der Waals surface area (Å²) in [5, 5.41) is 0. The fraction of sp³-hybridized carbons (Fsp3) is 0.154. The largest absolute Gasteiger partial charge is 0.326 e. The Morgan fingerprint density at radius 3 is 2.39 bits per heavy atom. The molecule has 0 aliphatic rings. The van der Waals surface area contributed by atoms with Gasteiger partial charge in [-0.05, 0) is 6.42 Å². The Labute approximate surface area is 103 Å². The van der Waals surface area contributed by atoms with Crippen molar-refractivity contribution in [1.82, 2.24) is 9.97 Å². The van der Waals surface area contributed by atoms with Crippen LogP contribution in [0.25, 0.3) is 0 Å². The number of rotatable bonds is 3. The van der Waals surface area contributed by atoms with Crippen LogP contribution in [0.2, 0.25) is 0 Å². The van der Waals surface area contributed by atoms with E-state index in [9.17, 15) is 14.4 Å². The Kier molecular flexibility index (Phi) is 3.23. The molecule has 0 unspecified atom stereocenters. The van der Waals surface area contributed by atoms with Crippen molar-refractivity contribution >= 4 is 5.78 Å². The molecule has 5 nitrogen and oxygen atoms in total. The molecule has 0 saturated heterocycles. The third kappa shape index (κ3) is 2.15. The number of hydrogen-bond acceptors (Lipinski definition) is 3. The van der Waals surface area contributed by atoms with Crippen molar-refractivity contribution in [3.8, 4) is 0 Å². The van der Waals surface area contributed by atoms with Crippen LogP contribution in [-0.4, -0.2) is 15.8 Å². The lowest BCUT2D eigenvalue weighted by Gasteiger charge is -2.05. The molecule has 0 aliphatic carbocycles. The molecular formula is C13H12N2O3. The molecule has 0 saturated carbocycles. The first-order valence-corrected chi connectivity index (χ1v) is 5.58. The molecule has 1 aromatic heterocycles. The average Bonchev–Trinajstić information content (AvgIpc) is 2.38. The molecule has 2 N–H and O–H groups in total. The molecule has 18 heavy (non-hydrogen) atoms. The van der Waals surface area contributed by atoms with Crippen LogP contribution in [0.1, 0.15) is 28.5 Å². The zero-order valence-corrected chi connectivity index (χ0v) is 9.82. The summed E-state index contributed by atoms with van der Waals surface area (Å²) >= 11 is 0. The van der Waals surface area contributed by atoms with Crippen LogP contribution in [0, 0.1) is 0 Å². The van der Waals surface area contributed by atoms with Gasteiger partial charge in [0, 0.05) is 11.1 Å². The van der Waals surface area contributed by atoms with E-state index < -0.39 is 11.2 Å². The van der Waals surface area contributed by atoms with Crippen molar-refractivity contribution in [1.29, 1.82) is 0 Å². The SMILES string of the molecule is CCc1c(C(=O)c2ccccc2)[nH]c(=O)[nH]c1=O. The Balaban J connectivity index is 2.62. The molecule has 2 rings (SSSR count). The highest BCUT2D eigenvalue weighted by Crippen LogP contribution is 2.08. The van der Waals surface area contributed by atoms with Gasteiger partial charge in [-0.3, -0.25) is 14.6 Å². The standard InChI is InChI=1S/C13H12N2O3/c1-2-9-10(14-13(18)15-12(9)17)11(16)8-6-4-3-5-7-8/h3-7H,2H2,1H3,(H2,14,15,17,18). The minimum atomic E-state index is -0.670. The van der Waals surface area contributed by atoms with Gasteiger partial charge < -0.3 is 4.98 Å². The number of carbonyl (C=O) groups excluding carboxylic acids is 1. The second kappa shape index (κ2) is 4.83. The minimum absolute atomic E-state index is 0.0671. The van der Waals surface area contributed by atoms with Crippen molar-refractivity contribution in [2.24, 2.45) is 0 Å². The highest BCUT2D eigenvalue weighted by molar-refractivity contribution is 6.08. The van der Waals surface area contributed by atoms with Crippen LogP contribution in [0.5, 0.6) is 0 Å². The van der Waals surface area contributed by atoms with Crippen molar-refractivity contribution in [3.63, 3.8) is 0 Å². The van der Waals surface area contributed by atoms with Gasteiger partial charge in [-0.25, -0.2) is 4.79 Å². The van der Waals surface area contributed by atoms with E-state index >= 15 is 0 Å². The van der Waals surface area contributed by atoms with E-state index in [4.69, 9.17) is 0 Å². The average molecular weight is 244 g/mol. The normalized spacial score (nSPS) is 10.3. The molecule has 0 atom stereocenters. The molecule has 0 radical (unpaired) electrons. The second-order valence-electron chi connectivity index (χ2n) is 3.81. The summed E-state index contributed by atoms with van der Waals surface area (Å²) in [6, 6.07) is 8.52. The van der Waals surface area contributed by atoms with Gasteiger partial charge in [0.15, 0.2) is 0 Å². The van der Waals surface area contributed by atoms with E-state index in [-0.39, 0.29) is 11.5 Å². The van der Waals surface area contributed by atoms with Crippen LogP contribution < -0.4 is 11.2 Å². The van der Waals surface area contributed by atoms with E-state index in [0.717, 1.165) is 0 Å². The molecule has 0 spiro atoms. The number of nitrogens with one attached hydrogen (secondary N) is 2. The molecule has 0 amide bonds. The summed E-state index contributed by atoms with van der Waals surface area (Å²) in [6.07, 6.45) is 0.375. The predicted octanol–water partition coefficient (Wildman–Crippen LogP) is 0.857. The van der Waals surface area contributed by atoms with Crippen LogP contribution in [0.15, 0.2) is 39.9 Å². The van der Waals surface area contributed by atoms with E-state index in [0.29, 0.717) is 17.5 Å². The first-order chi connectivity index (χ1) is 8.63. The number of hydrogen-bond donors (Lipinski definition) is 2. The number of benzene rings is 1. The zero-order chi connectivity index (χ0) is 13.1. The summed E-state index contributed by atoms with van der Waals surface area (Å²) in [4.78, 5) is 39.6. The number of carbonyl (C=O) groups is 1. The summed E-state index contributed by atoms with van der Waals surface area (Å²) < 4.78 is 0. The van der Waals surface area contributed by atoms with Gasteiger partial charge in [0.05, 0.1) is 5.69 Å². The van der Waals surface area contributed by atoms with Crippen LogP contribution >= 0.6 is 0 Å². The van der Waals surface area contributed by atoms with Crippen molar-refractivity contribution in [2.45, 2.75) is 13.3 Å². The topological polar surface area (TPSA) is 82.8 Å². The van der Waals surface area contributed by atoms with Gasteiger partial charge in [0.2, 0.25) is 5.78 Å². The molecule has 0 bridgehead atoms.